The van der Waals surface area contributed by atoms with Crippen molar-refractivity contribution < 1.29 is 48.3 Å². The average molecular weight is 899 g/mol. The van der Waals surface area contributed by atoms with Crippen molar-refractivity contribution in [2.75, 3.05) is 6.61 Å². The molecule has 1 saturated heterocycles. The van der Waals surface area contributed by atoms with Crippen molar-refractivity contribution in [3.63, 3.8) is 0 Å². The van der Waals surface area contributed by atoms with E-state index in [9.17, 15) is 24.6 Å². The van der Waals surface area contributed by atoms with E-state index in [0.717, 1.165) is 44.9 Å². The van der Waals surface area contributed by atoms with Crippen molar-refractivity contribution >= 4 is 23.7 Å². The first-order chi connectivity index (χ1) is 30.4. The standard InChI is InChI=1S/C54H90O10/c1-10-12-14-16-18-20-21-22-23-25-26-28-30-32-41(55)61-36-52-47(64-52)43-44-50(8,9)53(44,63-42(56)33-31-29-27-24-19-17-15-13-11-2)35-39(6)51(45(43)57)34-38(5)46(54(51,60)49(52)59)62-48(58)40(7)37(3)4/h34,37,39-40,43-44,46-47,49,59-60H,10-33,35-36H2,1-9H3/t39-,40+,43-,44+,46-,47+,49+,51+,52+,53-,54+/m1/s1. The molecule has 5 aliphatic rings. The van der Waals surface area contributed by atoms with E-state index in [1.54, 1.807) is 19.9 Å². The molecule has 2 bridgehead atoms. The van der Waals surface area contributed by atoms with Gasteiger partial charge in [-0.05, 0) is 43.6 Å². The predicted octanol–water partition coefficient (Wildman–Crippen LogP) is 11.5. The third kappa shape index (κ3) is 10.5. The first-order valence-electron chi connectivity index (χ1n) is 26.3. The van der Waals surface area contributed by atoms with Crippen molar-refractivity contribution in [3.8, 4) is 0 Å². The summed E-state index contributed by atoms with van der Waals surface area (Å²) in [6, 6.07) is 0. The Morgan fingerprint density at radius 2 is 1.23 bits per heavy atom. The molecule has 3 saturated carbocycles. The summed E-state index contributed by atoms with van der Waals surface area (Å²) in [6.07, 6.45) is 24.1. The van der Waals surface area contributed by atoms with Crippen molar-refractivity contribution in [1.82, 2.24) is 0 Å². The Bertz CT molecular complexity index is 1600. The lowest BCUT2D eigenvalue weighted by atomic mass is 9.58. The molecular weight excluding hydrogens is 809 g/mol. The molecule has 0 aromatic heterocycles. The average Bonchev–Trinajstić information content (AvgIpc) is 4.07. The number of ether oxygens (including phenoxy) is 4. The second-order valence-corrected chi connectivity index (χ2v) is 22.1. The largest absolute Gasteiger partial charge is 0.462 e. The molecule has 1 spiro atoms. The Hall–Kier alpha value is -2.30. The fraction of sp³-hybridized carbons (Fsp3) is 0.889. The first kappa shape index (κ1) is 52.7. The van der Waals surface area contributed by atoms with Crippen LogP contribution < -0.4 is 0 Å². The van der Waals surface area contributed by atoms with Crippen LogP contribution in [0.4, 0.5) is 0 Å². The van der Waals surface area contributed by atoms with Crippen LogP contribution in [0.2, 0.25) is 0 Å². The second-order valence-electron chi connectivity index (χ2n) is 22.1. The zero-order valence-corrected chi connectivity index (χ0v) is 41.7. The van der Waals surface area contributed by atoms with Gasteiger partial charge in [-0.1, -0.05) is 190 Å². The number of carbonyl (C=O) groups is 4. The van der Waals surface area contributed by atoms with Crippen LogP contribution in [0, 0.1) is 40.4 Å². The maximum Gasteiger partial charge on any atom is 0.309 e. The number of rotatable bonds is 30. The van der Waals surface area contributed by atoms with Crippen molar-refractivity contribution in [1.29, 1.82) is 0 Å². The van der Waals surface area contributed by atoms with Crippen LogP contribution >= 0.6 is 0 Å². The van der Waals surface area contributed by atoms with E-state index in [-0.39, 0.29) is 43.5 Å². The molecule has 4 fully saturated rings. The van der Waals surface area contributed by atoms with Crippen molar-refractivity contribution in [2.45, 2.75) is 258 Å². The van der Waals surface area contributed by atoms with E-state index in [0.29, 0.717) is 12.0 Å². The van der Waals surface area contributed by atoms with Crippen molar-refractivity contribution in [3.05, 3.63) is 11.6 Å². The summed E-state index contributed by atoms with van der Waals surface area (Å²) in [6.45, 7) is 17.4. The number of esters is 3. The van der Waals surface area contributed by atoms with E-state index in [2.05, 4.69) is 13.8 Å². The van der Waals surface area contributed by atoms with Gasteiger partial charge >= 0.3 is 17.9 Å². The molecule has 366 valence electrons. The Labute approximate surface area is 387 Å². The summed E-state index contributed by atoms with van der Waals surface area (Å²) in [5.74, 6) is -4.15. The number of epoxide rings is 1. The highest BCUT2D eigenvalue weighted by atomic mass is 16.7. The van der Waals surface area contributed by atoms with Gasteiger partial charge < -0.3 is 29.2 Å². The monoisotopic (exact) mass is 899 g/mol. The highest BCUT2D eigenvalue weighted by Gasteiger charge is 2.90. The smallest absolute Gasteiger partial charge is 0.309 e. The lowest BCUT2D eigenvalue weighted by Crippen LogP contribution is -2.68. The topological polar surface area (TPSA) is 149 Å². The van der Waals surface area contributed by atoms with E-state index in [1.165, 1.54) is 89.9 Å². The zero-order chi connectivity index (χ0) is 46.9. The Morgan fingerprint density at radius 1 is 0.766 bits per heavy atom. The summed E-state index contributed by atoms with van der Waals surface area (Å²) >= 11 is 0. The van der Waals surface area contributed by atoms with Gasteiger partial charge in [-0.3, -0.25) is 19.2 Å². The van der Waals surface area contributed by atoms with Crippen LogP contribution in [0.15, 0.2) is 11.6 Å². The minimum absolute atomic E-state index is 0.0556. The maximum absolute atomic E-state index is 15.6. The van der Waals surface area contributed by atoms with Gasteiger partial charge in [0.05, 0.1) is 17.3 Å². The maximum atomic E-state index is 15.6. The number of aliphatic hydroxyl groups is 2. The second kappa shape index (κ2) is 22.7. The summed E-state index contributed by atoms with van der Waals surface area (Å²) in [7, 11) is 0. The molecule has 4 aliphatic carbocycles. The molecule has 2 N–H and O–H groups in total. The SMILES string of the molecule is CCCCCCCCCCCCCCCC(=O)OC[C@]12O[C@H]1[C@H]1C(=O)[C@]3(C=C(C)[C@@H](OC(=O)[C@@H](C)C(C)C)[C@]3(O)[C@H]2O)[C@H](C)C[C@@]2(OC(=O)CCCCCCCCCCC)[C@@H]1C2(C)C. The number of carbonyl (C=O) groups excluding carboxylic acids is 4. The molecule has 11 atom stereocenters. The lowest BCUT2D eigenvalue weighted by molar-refractivity contribution is -0.225. The van der Waals surface area contributed by atoms with Crippen LogP contribution in [0.5, 0.6) is 0 Å². The predicted molar refractivity (Wildman–Crippen MR) is 250 cm³/mol. The summed E-state index contributed by atoms with van der Waals surface area (Å²) in [5, 5.41) is 26.1. The number of aliphatic hydroxyl groups excluding tert-OH is 1. The first-order valence-corrected chi connectivity index (χ1v) is 26.3. The van der Waals surface area contributed by atoms with E-state index in [1.807, 2.05) is 34.6 Å². The number of hydrogen-bond acceptors (Lipinski definition) is 10. The fourth-order valence-electron chi connectivity index (χ4n) is 12.5. The highest BCUT2D eigenvalue weighted by Crippen LogP contribution is 2.78. The van der Waals surface area contributed by atoms with Gasteiger partial charge in [0.2, 0.25) is 0 Å². The van der Waals surface area contributed by atoms with Gasteiger partial charge in [0.1, 0.15) is 24.4 Å². The molecule has 0 aromatic rings. The molecule has 10 heteroatoms. The van der Waals surface area contributed by atoms with Gasteiger partial charge in [-0.25, -0.2) is 0 Å². The Kier molecular flexibility index (Phi) is 18.7. The van der Waals surface area contributed by atoms with Gasteiger partial charge in [-0.2, -0.15) is 0 Å². The molecule has 10 nitrogen and oxygen atoms in total. The molecule has 0 unspecified atom stereocenters. The summed E-state index contributed by atoms with van der Waals surface area (Å²) < 4.78 is 25.2. The van der Waals surface area contributed by atoms with Crippen LogP contribution in [-0.4, -0.2) is 75.6 Å². The molecule has 1 aliphatic heterocycles. The van der Waals surface area contributed by atoms with Gasteiger partial charge in [-0.15, -0.1) is 0 Å². The van der Waals surface area contributed by atoms with Gasteiger partial charge in [0, 0.05) is 24.2 Å². The van der Waals surface area contributed by atoms with E-state index < -0.39 is 81.6 Å². The van der Waals surface area contributed by atoms with Crippen LogP contribution in [0.1, 0.15) is 223 Å². The third-order valence-corrected chi connectivity index (χ3v) is 17.0. The number of unbranched alkanes of at least 4 members (excludes halogenated alkanes) is 20. The highest BCUT2D eigenvalue weighted by molar-refractivity contribution is 5.95. The van der Waals surface area contributed by atoms with Crippen LogP contribution in [-0.2, 0) is 38.1 Å². The molecule has 0 amide bonds. The quantitative estimate of drug-likeness (QED) is 0.0235. The molecule has 64 heavy (non-hydrogen) atoms. The number of ketones is 1. The van der Waals surface area contributed by atoms with E-state index >= 15 is 4.79 Å². The zero-order valence-electron chi connectivity index (χ0n) is 41.7. The molecular formula is C54H90O10. The summed E-state index contributed by atoms with van der Waals surface area (Å²) in [4.78, 5) is 56.5. The molecule has 0 radical (unpaired) electrons. The fourth-order valence-corrected chi connectivity index (χ4v) is 12.5. The third-order valence-electron chi connectivity index (χ3n) is 17.0. The number of hydrogen-bond donors (Lipinski definition) is 2. The van der Waals surface area contributed by atoms with Gasteiger partial charge in [0.15, 0.2) is 23.1 Å². The van der Waals surface area contributed by atoms with Gasteiger partial charge in [0.25, 0.3) is 0 Å². The normalized spacial score (nSPS) is 33.6. The van der Waals surface area contributed by atoms with Crippen molar-refractivity contribution in [2.24, 2.45) is 40.4 Å². The minimum Gasteiger partial charge on any atom is -0.462 e. The molecule has 1 heterocycles. The minimum atomic E-state index is -2.35. The lowest BCUT2D eigenvalue weighted by Gasteiger charge is -2.50. The van der Waals surface area contributed by atoms with Crippen LogP contribution in [0.3, 0.4) is 0 Å². The van der Waals surface area contributed by atoms with Crippen LogP contribution in [0.25, 0.3) is 0 Å². The Balaban J connectivity index is 1.29. The number of fused-ring (bicyclic) bond motifs is 5. The number of Topliss-reactive ketones (excluding diaryl/α,β-unsaturated/α-hetero) is 1. The molecule has 5 rings (SSSR count). The molecule has 0 aromatic carbocycles. The Morgan fingerprint density at radius 3 is 1.72 bits per heavy atom. The summed E-state index contributed by atoms with van der Waals surface area (Å²) in [5.41, 5.74) is -6.88. The van der Waals surface area contributed by atoms with E-state index in [4.69, 9.17) is 18.9 Å².